The lowest BCUT2D eigenvalue weighted by Crippen LogP contribution is -2.37. The van der Waals surface area contributed by atoms with Crippen LogP contribution in [0, 0.1) is 0 Å². The number of carbonyl (C=O) groups excluding carboxylic acids is 2. The van der Waals surface area contributed by atoms with Gasteiger partial charge in [-0.2, -0.15) is 0 Å². The molecule has 0 radical (unpaired) electrons. The lowest BCUT2D eigenvalue weighted by molar-refractivity contribution is -0.120. The third-order valence-corrected chi connectivity index (χ3v) is 4.30. The molecule has 0 fully saturated rings. The van der Waals surface area contributed by atoms with Crippen molar-refractivity contribution in [1.82, 2.24) is 10.6 Å². The summed E-state index contributed by atoms with van der Waals surface area (Å²) in [5.41, 5.74) is 0.801. The van der Waals surface area contributed by atoms with E-state index >= 15 is 0 Å². The molecule has 0 aliphatic rings. The average Bonchev–Trinajstić information content (AvgIpc) is 3.13. The summed E-state index contributed by atoms with van der Waals surface area (Å²) in [7, 11) is 3.15. The molecule has 128 valence electrons. The van der Waals surface area contributed by atoms with Crippen LogP contribution >= 0.6 is 11.3 Å². The minimum absolute atomic E-state index is 0.0899. The summed E-state index contributed by atoms with van der Waals surface area (Å²) in [4.78, 5) is 24.5. The van der Waals surface area contributed by atoms with Crippen LogP contribution in [0.25, 0.3) is 0 Å². The van der Waals surface area contributed by atoms with E-state index in [9.17, 15) is 9.59 Å². The number of hydrogen-bond acceptors (Lipinski definition) is 5. The van der Waals surface area contributed by atoms with Crippen LogP contribution in [-0.2, 0) is 4.79 Å². The molecule has 0 spiro atoms. The predicted molar refractivity (Wildman–Crippen MR) is 92.8 cm³/mol. The molecule has 2 amide bonds. The highest BCUT2D eigenvalue weighted by Gasteiger charge is 2.16. The number of amides is 2. The molecule has 2 aromatic rings. The molecular formula is C17H20N2O4S. The first-order valence-corrected chi connectivity index (χ1v) is 8.26. The third kappa shape index (κ3) is 4.48. The highest BCUT2D eigenvalue weighted by atomic mass is 32.1. The largest absolute Gasteiger partial charge is 0.497 e. The Labute approximate surface area is 144 Å². The van der Waals surface area contributed by atoms with E-state index in [0.29, 0.717) is 16.4 Å². The first-order chi connectivity index (χ1) is 11.5. The molecule has 0 aliphatic heterocycles. The predicted octanol–water partition coefficient (Wildman–Crippen LogP) is 2.37. The second kappa shape index (κ2) is 8.35. The van der Waals surface area contributed by atoms with Crippen molar-refractivity contribution in [2.75, 3.05) is 20.8 Å². The van der Waals surface area contributed by atoms with Crippen LogP contribution in [-0.4, -0.2) is 32.6 Å². The summed E-state index contributed by atoms with van der Waals surface area (Å²) in [6.45, 7) is 1.75. The molecule has 0 bridgehead atoms. The van der Waals surface area contributed by atoms with Crippen molar-refractivity contribution in [2.45, 2.75) is 13.0 Å². The van der Waals surface area contributed by atoms with E-state index < -0.39 is 0 Å². The van der Waals surface area contributed by atoms with Gasteiger partial charge in [0.25, 0.3) is 5.91 Å². The molecular weight excluding hydrogens is 328 g/mol. The van der Waals surface area contributed by atoms with Crippen molar-refractivity contribution in [1.29, 1.82) is 0 Å². The molecule has 1 aromatic heterocycles. The van der Waals surface area contributed by atoms with Crippen molar-refractivity contribution < 1.29 is 19.1 Å². The van der Waals surface area contributed by atoms with Gasteiger partial charge >= 0.3 is 0 Å². The van der Waals surface area contributed by atoms with Crippen LogP contribution in [0.1, 0.15) is 28.2 Å². The Hall–Kier alpha value is -2.54. The molecule has 0 saturated heterocycles. The molecule has 0 aliphatic carbocycles. The van der Waals surface area contributed by atoms with Crippen molar-refractivity contribution in [3.05, 3.63) is 46.2 Å². The first-order valence-electron chi connectivity index (χ1n) is 7.38. The number of carbonyl (C=O) groups is 2. The summed E-state index contributed by atoms with van der Waals surface area (Å²) >= 11 is 1.33. The molecule has 2 rings (SSSR count). The maximum absolute atomic E-state index is 12.1. The van der Waals surface area contributed by atoms with Gasteiger partial charge in [0.2, 0.25) is 5.91 Å². The summed E-state index contributed by atoms with van der Waals surface area (Å²) in [5.74, 6) is 0.799. The normalized spacial score (nSPS) is 11.5. The molecule has 6 nitrogen and oxygen atoms in total. The van der Waals surface area contributed by atoms with E-state index in [4.69, 9.17) is 9.47 Å². The fraction of sp³-hybridized carbons (Fsp3) is 0.294. The average molecular weight is 348 g/mol. The van der Waals surface area contributed by atoms with E-state index in [1.807, 2.05) is 18.4 Å². The summed E-state index contributed by atoms with van der Waals surface area (Å²) in [6.07, 6.45) is 0. The minimum Gasteiger partial charge on any atom is -0.497 e. The monoisotopic (exact) mass is 348 g/mol. The van der Waals surface area contributed by atoms with E-state index in [2.05, 4.69) is 10.6 Å². The summed E-state index contributed by atoms with van der Waals surface area (Å²) in [5, 5.41) is 7.24. The Morgan fingerprint density at radius 3 is 2.62 bits per heavy atom. The van der Waals surface area contributed by atoms with E-state index in [-0.39, 0.29) is 24.4 Å². The molecule has 0 unspecified atom stereocenters. The molecule has 2 N–H and O–H groups in total. The SMILES string of the molecule is COc1ccc(OC)c([C@@H](C)NC(=O)CNC(=O)c2cccs2)c1. The van der Waals surface area contributed by atoms with Crippen LogP contribution < -0.4 is 20.1 Å². The van der Waals surface area contributed by atoms with E-state index in [1.54, 1.807) is 38.5 Å². The van der Waals surface area contributed by atoms with Crippen LogP contribution in [0.5, 0.6) is 11.5 Å². The van der Waals surface area contributed by atoms with Gasteiger partial charge in [-0.25, -0.2) is 0 Å². The number of hydrogen-bond donors (Lipinski definition) is 2. The van der Waals surface area contributed by atoms with Gasteiger partial charge in [-0.1, -0.05) is 6.07 Å². The van der Waals surface area contributed by atoms with Crippen LogP contribution in [0.15, 0.2) is 35.7 Å². The number of methoxy groups -OCH3 is 2. The lowest BCUT2D eigenvalue weighted by Gasteiger charge is -2.18. The van der Waals surface area contributed by atoms with Crippen LogP contribution in [0.3, 0.4) is 0 Å². The zero-order chi connectivity index (χ0) is 17.5. The topological polar surface area (TPSA) is 76.7 Å². The number of rotatable bonds is 7. The third-order valence-electron chi connectivity index (χ3n) is 3.44. The molecule has 0 saturated carbocycles. The Kier molecular flexibility index (Phi) is 6.20. The number of thiophene rings is 1. The van der Waals surface area contributed by atoms with Gasteiger partial charge in [-0.3, -0.25) is 9.59 Å². The quantitative estimate of drug-likeness (QED) is 0.805. The molecule has 1 heterocycles. The molecule has 24 heavy (non-hydrogen) atoms. The smallest absolute Gasteiger partial charge is 0.261 e. The number of nitrogens with one attached hydrogen (secondary N) is 2. The second-order valence-electron chi connectivity index (χ2n) is 5.06. The van der Waals surface area contributed by atoms with Gasteiger partial charge in [-0.05, 0) is 36.6 Å². The van der Waals surface area contributed by atoms with E-state index in [1.165, 1.54) is 11.3 Å². The maximum Gasteiger partial charge on any atom is 0.261 e. The Morgan fingerprint density at radius 2 is 2.00 bits per heavy atom. The number of ether oxygens (including phenoxy) is 2. The number of benzene rings is 1. The summed E-state index contributed by atoms with van der Waals surface area (Å²) in [6, 6.07) is 8.60. The zero-order valence-corrected chi connectivity index (χ0v) is 14.6. The van der Waals surface area contributed by atoms with Crippen molar-refractivity contribution in [3.63, 3.8) is 0 Å². The fourth-order valence-electron chi connectivity index (χ4n) is 2.20. The van der Waals surface area contributed by atoms with Gasteiger partial charge < -0.3 is 20.1 Å². The van der Waals surface area contributed by atoms with Crippen LogP contribution in [0.2, 0.25) is 0 Å². The minimum atomic E-state index is -0.291. The van der Waals surface area contributed by atoms with Gasteiger partial charge in [0.15, 0.2) is 0 Å². The van der Waals surface area contributed by atoms with E-state index in [0.717, 1.165) is 5.56 Å². The van der Waals surface area contributed by atoms with Crippen molar-refractivity contribution >= 4 is 23.2 Å². The zero-order valence-electron chi connectivity index (χ0n) is 13.8. The maximum atomic E-state index is 12.1. The Morgan fingerprint density at radius 1 is 1.21 bits per heavy atom. The fourth-order valence-corrected chi connectivity index (χ4v) is 2.84. The standard InChI is InChI=1S/C17H20N2O4S/c1-11(13-9-12(22-2)6-7-14(13)23-3)19-16(20)10-18-17(21)15-5-4-8-24-15/h4-9,11H,10H2,1-3H3,(H,18,21)(H,19,20)/t11-/m1/s1. The Balaban J connectivity index is 1.95. The highest BCUT2D eigenvalue weighted by Crippen LogP contribution is 2.29. The van der Waals surface area contributed by atoms with Gasteiger partial charge in [0.05, 0.1) is 31.7 Å². The highest BCUT2D eigenvalue weighted by molar-refractivity contribution is 7.12. The molecule has 1 atom stereocenters. The lowest BCUT2D eigenvalue weighted by atomic mass is 10.1. The first kappa shape index (κ1) is 17.8. The molecule has 7 heteroatoms. The molecule has 1 aromatic carbocycles. The van der Waals surface area contributed by atoms with Crippen LogP contribution in [0.4, 0.5) is 0 Å². The van der Waals surface area contributed by atoms with Gasteiger partial charge in [-0.15, -0.1) is 11.3 Å². The van der Waals surface area contributed by atoms with Gasteiger partial charge in [0.1, 0.15) is 11.5 Å². The van der Waals surface area contributed by atoms with Crippen molar-refractivity contribution in [3.8, 4) is 11.5 Å². The van der Waals surface area contributed by atoms with Gasteiger partial charge in [0, 0.05) is 5.56 Å². The second-order valence-corrected chi connectivity index (χ2v) is 6.00. The summed E-state index contributed by atoms with van der Waals surface area (Å²) < 4.78 is 10.5. The van der Waals surface area contributed by atoms with Crippen molar-refractivity contribution in [2.24, 2.45) is 0 Å². The Bertz CT molecular complexity index is 701.